The number of hydrogen-bond acceptors (Lipinski definition) is 2. The quantitative estimate of drug-likeness (QED) is 0.786. The Hall–Kier alpha value is -1.77. The van der Waals surface area contributed by atoms with Crippen molar-refractivity contribution in [3.05, 3.63) is 36.0 Å². The van der Waals surface area contributed by atoms with Gasteiger partial charge in [0.05, 0.1) is 6.21 Å². The van der Waals surface area contributed by atoms with Gasteiger partial charge in [0.15, 0.2) is 0 Å². The van der Waals surface area contributed by atoms with Crippen molar-refractivity contribution in [2.45, 2.75) is 19.3 Å². The number of rotatable bonds is 2. The van der Waals surface area contributed by atoms with Crippen molar-refractivity contribution in [3.8, 4) is 0 Å². The van der Waals surface area contributed by atoms with Crippen LogP contribution in [0.1, 0.15) is 24.8 Å². The molecular weight excluding hydrogens is 210 g/mol. The van der Waals surface area contributed by atoms with Crippen LogP contribution in [0.3, 0.4) is 0 Å². The molecule has 1 fully saturated rings. The molecule has 2 heterocycles. The van der Waals surface area contributed by atoms with E-state index in [-0.39, 0.29) is 0 Å². The average molecular weight is 227 g/mol. The van der Waals surface area contributed by atoms with E-state index in [0.717, 1.165) is 13.1 Å². The van der Waals surface area contributed by atoms with Crippen molar-refractivity contribution in [2.24, 2.45) is 5.10 Å². The maximum Gasteiger partial charge on any atom is 0.0564 e. The van der Waals surface area contributed by atoms with Crippen LogP contribution in [0.15, 0.2) is 35.6 Å². The van der Waals surface area contributed by atoms with E-state index in [9.17, 15) is 0 Å². The van der Waals surface area contributed by atoms with E-state index in [1.54, 1.807) is 0 Å². The maximum atomic E-state index is 4.56. The predicted octanol–water partition coefficient (Wildman–Crippen LogP) is 2.99. The molecule has 0 atom stereocenters. The Balaban J connectivity index is 1.82. The van der Waals surface area contributed by atoms with Gasteiger partial charge in [-0.05, 0) is 25.3 Å². The number of aromatic amines is 1. The SMILES string of the molecule is C(=NN1CCCCC1)c1c[nH]c2ccccc12. The highest BCUT2D eigenvalue weighted by molar-refractivity contribution is 5.98. The number of benzene rings is 1. The number of nitrogens with zero attached hydrogens (tertiary/aromatic N) is 2. The van der Waals surface area contributed by atoms with Gasteiger partial charge in [-0.15, -0.1) is 0 Å². The zero-order valence-corrected chi connectivity index (χ0v) is 9.89. The van der Waals surface area contributed by atoms with E-state index in [4.69, 9.17) is 0 Å². The molecule has 0 radical (unpaired) electrons. The Labute approximate surface area is 101 Å². The van der Waals surface area contributed by atoms with Crippen LogP contribution in [0.5, 0.6) is 0 Å². The minimum atomic E-state index is 1.10. The molecule has 0 bridgehead atoms. The molecule has 17 heavy (non-hydrogen) atoms. The lowest BCUT2D eigenvalue weighted by Gasteiger charge is -2.23. The van der Waals surface area contributed by atoms with Gasteiger partial charge in [0.1, 0.15) is 0 Å². The van der Waals surface area contributed by atoms with Crippen molar-refractivity contribution < 1.29 is 0 Å². The van der Waals surface area contributed by atoms with Crippen LogP contribution in [0.4, 0.5) is 0 Å². The van der Waals surface area contributed by atoms with E-state index < -0.39 is 0 Å². The summed E-state index contributed by atoms with van der Waals surface area (Å²) in [6.45, 7) is 2.19. The number of nitrogens with one attached hydrogen (secondary N) is 1. The highest BCUT2D eigenvalue weighted by atomic mass is 15.4. The van der Waals surface area contributed by atoms with Gasteiger partial charge >= 0.3 is 0 Å². The van der Waals surface area contributed by atoms with Gasteiger partial charge in [-0.2, -0.15) is 5.10 Å². The maximum absolute atomic E-state index is 4.56. The normalized spacial score (nSPS) is 17.1. The van der Waals surface area contributed by atoms with Gasteiger partial charge in [0, 0.05) is 35.8 Å². The lowest BCUT2D eigenvalue weighted by Crippen LogP contribution is -2.24. The summed E-state index contributed by atoms with van der Waals surface area (Å²) in [7, 11) is 0. The van der Waals surface area contributed by atoms with Gasteiger partial charge in [-0.25, -0.2) is 0 Å². The third kappa shape index (κ3) is 2.18. The van der Waals surface area contributed by atoms with Crippen molar-refractivity contribution in [3.63, 3.8) is 0 Å². The Morgan fingerprint density at radius 2 is 1.94 bits per heavy atom. The minimum Gasteiger partial charge on any atom is -0.361 e. The first-order chi connectivity index (χ1) is 8.43. The van der Waals surface area contributed by atoms with E-state index in [2.05, 4.69) is 33.3 Å². The second-order valence-corrected chi connectivity index (χ2v) is 4.55. The second-order valence-electron chi connectivity index (χ2n) is 4.55. The summed E-state index contributed by atoms with van der Waals surface area (Å²) in [6.07, 6.45) is 7.89. The molecule has 0 saturated carbocycles. The monoisotopic (exact) mass is 227 g/mol. The smallest absolute Gasteiger partial charge is 0.0564 e. The summed E-state index contributed by atoms with van der Waals surface area (Å²) >= 11 is 0. The first-order valence-electron chi connectivity index (χ1n) is 6.28. The summed E-state index contributed by atoms with van der Waals surface area (Å²) in [6, 6.07) is 8.33. The number of hydrazone groups is 1. The fourth-order valence-electron chi connectivity index (χ4n) is 2.34. The lowest BCUT2D eigenvalue weighted by molar-refractivity contribution is 0.240. The number of H-pyrrole nitrogens is 1. The van der Waals surface area contributed by atoms with Gasteiger partial charge < -0.3 is 4.98 Å². The highest BCUT2D eigenvalue weighted by Crippen LogP contribution is 2.16. The number of piperidine rings is 1. The Kier molecular flexibility index (Phi) is 2.82. The summed E-state index contributed by atoms with van der Waals surface area (Å²) in [5.74, 6) is 0. The van der Waals surface area contributed by atoms with E-state index in [1.807, 2.05) is 18.5 Å². The van der Waals surface area contributed by atoms with Crippen LogP contribution < -0.4 is 0 Å². The standard InChI is InChI=1S/C14H17N3/c1-4-8-17(9-5-1)16-11-12-10-15-14-7-3-2-6-13(12)14/h2-3,6-7,10-11,15H,1,4-5,8-9H2. The van der Waals surface area contributed by atoms with Crippen LogP contribution in [0.25, 0.3) is 10.9 Å². The largest absolute Gasteiger partial charge is 0.361 e. The first-order valence-corrected chi connectivity index (χ1v) is 6.28. The molecule has 0 amide bonds. The summed E-state index contributed by atoms with van der Waals surface area (Å²) < 4.78 is 0. The molecule has 1 saturated heterocycles. The van der Waals surface area contributed by atoms with Crippen molar-refractivity contribution >= 4 is 17.1 Å². The zero-order chi connectivity index (χ0) is 11.5. The molecule has 0 unspecified atom stereocenters. The van der Waals surface area contributed by atoms with E-state index >= 15 is 0 Å². The number of aromatic nitrogens is 1. The van der Waals surface area contributed by atoms with Crippen molar-refractivity contribution in [1.82, 2.24) is 9.99 Å². The van der Waals surface area contributed by atoms with Crippen LogP contribution in [-0.4, -0.2) is 29.3 Å². The van der Waals surface area contributed by atoms with Crippen molar-refractivity contribution in [1.29, 1.82) is 0 Å². The topological polar surface area (TPSA) is 31.4 Å². The Morgan fingerprint density at radius 1 is 1.12 bits per heavy atom. The van der Waals surface area contributed by atoms with Gasteiger partial charge in [-0.3, -0.25) is 5.01 Å². The zero-order valence-electron chi connectivity index (χ0n) is 9.89. The molecule has 1 aliphatic heterocycles. The molecule has 0 aliphatic carbocycles. The highest BCUT2D eigenvalue weighted by Gasteiger charge is 2.06. The van der Waals surface area contributed by atoms with Crippen LogP contribution in [0.2, 0.25) is 0 Å². The van der Waals surface area contributed by atoms with Crippen LogP contribution >= 0.6 is 0 Å². The fourth-order valence-corrected chi connectivity index (χ4v) is 2.34. The first kappa shape index (κ1) is 10.4. The number of para-hydroxylation sites is 1. The minimum absolute atomic E-state index is 1.10. The molecule has 3 nitrogen and oxygen atoms in total. The molecule has 1 aromatic carbocycles. The van der Waals surface area contributed by atoms with E-state index in [0.29, 0.717) is 0 Å². The molecule has 3 rings (SSSR count). The summed E-state index contributed by atoms with van der Waals surface area (Å²) in [5.41, 5.74) is 2.35. The molecule has 2 aromatic rings. The predicted molar refractivity (Wildman–Crippen MR) is 71.3 cm³/mol. The third-order valence-corrected chi connectivity index (χ3v) is 3.31. The average Bonchev–Trinajstić information content (AvgIpc) is 2.81. The van der Waals surface area contributed by atoms with Gasteiger partial charge in [-0.1, -0.05) is 18.2 Å². The number of hydrogen-bond donors (Lipinski definition) is 1. The van der Waals surface area contributed by atoms with Gasteiger partial charge in [0.2, 0.25) is 0 Å². The number of fused-ring (bicyclic) bond motifs is 1. The van der Waals surface area contributed by atoms with Crippen molar-refractivity contribution in [2.75, 3.05) is 13.1 Å². The van der Waals surface area contributed by atoms with Crippen LogP contribution in [0, 0.1) is 0 Å². The molecule has 0 spiro atoms. The Bertz CT molecular complexity index is 521. The van der Waals surface area contributed by atoms with Crippen LogP contribution in [-0.2, 0) is 0 Å². The Morgan fingerprint density at radius 3 is 2.82 bits per heavy atom. The molecule has 3 heteroatoms. The third-order valence-electron chi connectivity index (χ3n) is 3.31. The molecule has 1 N–H and O–H groups in total. The molecule has 1 aliphatic rings. The summed E-state index contributed by atoms with van der Waals surface area (Å²) in [5, 5.41) is 7.98. The summed E-state index contributed by atoms with van der Waals surface area (Å²) in [4.78, 5) is 3.27. The molecular formula is C14H17N3. The molecule has 1 aromatic heterocycles. The lowest BCUT2D eigenvalue weighted by atomic mass is 10.2. The van der Waals surface area contributed by atoms with E-state index in [1.165, 1.54) is 35.7 Å². The second kappa shape index (κ2) is 4.62. The van der Waals surface area contributed by atoms with Gasteiger partial charge in [0.25, 0.3) is 0 Å². The fraction of sp³-hybridized carbons (Fsp3) is 0.357. The molecule has 88 valence electrons.